The highest BCUT2D eigenvalue weighted by molar-refractivity contribution is 5.94. The Hall–Kier alpha value is -1.39. The summed E-state index contributed by atoms with van der Waals surface area (Å²) in [6, 6.07) is 9.62. The highest BCUT2D eigenvalue weighted by atomic mass is 16.2. The lowest BCUT2D eigenvalue weighted by molar-refractivity contribution is -0.124. The second-order valence-corrected chi connectivity index (χ2v) is 6.33. The van der Waals surface area contributed by atoms with Gasteiger partial charge in [-0.1, -0.05) is 18.2 Å². The number of hydrogen-bond donors (Lipinski definition) is 2. The van der Waals surface area contributed by atoms with Crippen LogP contribution in [0.2, 0.25) is 0 Å². The molecule has 110 valence electrons. The van der Waals surface area contributed by atoms with Crippen molar-refractivity contribution in [1.82, 2.24) is 4.90 Å². The Morgan fingerprint density at radius 2 is 2.10 bits per heavy atom. The van der Waals surface area contributed by atoms with E-state index < -0.39 is 5.41 Å². The highest BCUT2D eigenvalue weighted by Crippen LogP contribution is 2.24. The second kappa shape index (κ2) is 6.37. The molecule has 1 saturated heterocycles. The van der Waals surface area contributed by atoms with E-state index in [2.05, 4.69) is 10.2 Å². The summed E-state index contributed by atoms with van der Waals surface area (Å²) in [5.74, 6) is 0.655. The van der Waals surface area contributed by atoms with Crippen molar-refractivity contribution in [1.29, 1.82) is 0 Å². The zero-order valence-corrected chi connectivity index (χ0v) is 12.4. The van der Waals surface area contributed by atoms with Crippen molar-refractivity contribution >= 4 is 11.6 Å². The van der Waals surface area contributed by atoms with E-state index in [1.165, 1.54) is 0 Å². The van der Waals surface area contributed by atoms with E-state index in [-0.39, 0.29) is 5.91 Å². The first-order chi connectivity index (χ1) is 9.51. The second-order valence-electron chi connectivity index (χ2n) is 6.33. The highest BCUT2D eigenvalue weighted by Gasteiger charge is 2.32. The van der Waals surface area contributed by atoms with Crippen LogP contribution >= 0.6 is 0 Å². The van der Waals surface area contributed by atoms with Crippen molar-refractivity contribution in [3.05, 3.63) is 30.3 Å². The van der Waals surface area contributed by atoms with Crippen molar-refractivity contribution in [3.63, 3.8) is 0 Å². The Kier molecular flexibility index (Phi) is 4.78. The number of benzene rings is 1. The maximum Gasteiger partial charge on any atom is 0.231 e. The largest absolute Gasteiger partial charge is 0.330 e. The first-order valence-electron chi connectivity index (χ1n) is 7.30. The number of hydrogen-bond acceptors (Lipinski definition) is 3. The minimum Gasteiger partial charge on any atom is -0.330 e. The van der Waals surface area contributed by atoms with E-state index in [9.17, 15) is 4.79 Å². The first-order valence-corrected chi connectivity index (χ1v) is 7.30. The number of likely N-dealkylation sites (tertiary alicyclic amines) is 1. The summed E-state index contributed by atoms with van der Waals surface area (Å²) in [7, 11) is 0. The molecule has 3 N–H and O–H groups in total. The fourth-order valence-electron chi connectivity index (χ4n) is 2.70. The summed E-state index contributed by atoms with van der Waals surface area (Å²) in [6.45, 7) is 7.58. The van der Waals surface area contributed by atoms with Crippen LogP contribution in [0.15, 0.2) is 30.3 Å². The van der Waals surface area contributed by atoms with Crippen LogP contribution in [0.3, 0.4) is 0 Å². The van der Waals surface area contributed by atoms with Crippen molar-refractivity contribution in [3.8, 4) is 0 Å². The molecule has 1 unspecified atom stereocenters. The number of nitrogens with two attached hydrogens (primary N) is 1. The fraction of sp³-hybridized carbons (Fsp3) is 0.562. The number of amides is 1. The van der Waals surface area contributed by atoms with E-state index in [1.54, 1.807) is 0 Å². The summed E-state index contributed by atoms with van der Waals surface area (Å²) in [5.41, 5.74) is 6.17. The van der Waals surface area contributed by atoms with Gasteiger partial charge in [0.15, 0.2) is 0 Å². The molecule has 1 fully saturated rings. The summed E-state index contributed by atoms with van der Waals surface area (Å²) in [4.78, 5) is 14.8. The monoisotopic (exact) mass is 275 g/mol. The smallest absolute Gasteiger partial charge is 0.231 e. The van der Waals surface area contributed by atoms with Crippen LogP contribution in [0.4, 0.5) is 5.69 Å². The molecular formula is C16H25N3O. The van der Waals surface area contributed by atoms with Crippen LogP contribution in [0, 0.1) is 11.3 Å². The fourth-order valence-corrected chi connectivity index (χ4v) is 2.70. The zero-order chi connectivity index (χ0) is 14.6. The molecule has 1 amide bonds. The first kappa shape index (κ1) is 15.0. The third-order valence-corrected chi connectivity index (χ3v) is 3.97. The molecule has 2 rings (SSSR count). The van der Waals surface area contributed by atoms with Gasteiger partial charge < -0.3 is 16.0 Å². The third kappa shape index (κ3) is 3.81. The minimum atomic E-state index is -0.403. The van der Waals surface area contributed by atoms with Gasteiger partial charge in [0.2, 0.25) is 5.91 Å². The van der Waals surface area contributed by atoms with Crippen LogP contribution in [0.5, 0.6) is 0 Å². The molecule has 1 heterocycles. The molecule has 1 aromatic rings. The Bertz CT molecular complexity index is 444. The number of para-hydroxylation sites is 1. The van der Waals surface area contributed by atoms with Crippen LogP contribution < -0.4 is 11.1 Å². The molecule has 0 aromatic heterocycles. The zero-order valence-electron chi connectivity index (χ0n) is 12.4. The quantitative estimate of drug-likeness (QED) is 0.863. The van der Waals surface area contributed by atoms with Crippen LogP contribution in [-0.2, 0) is 4.79 Å². The molecule has 1 aliphatic heterocycles. The lowest BCUT2D eigenvalue weighted by Gasteiger charge is -2.29. The molecular weight excluding hydrogens is 250 g/mol. The van der Waals surface area contributed by atoms with Crippen molar-refractivity contribution in [2.24, 2.45) is 17.1 Å². The minimum absolute atomic E-state index is 0.0694. The normalized spacial score (nSPS) is 20.1. The van der Waals surface area contributed by atoms with Gasteiger partial charge in [0.1, 0.15) is 0 Å². The predicted molar refractivity (Wildman–Crippen MR) is 82.5 cm³/mol. The maximum atomic E-state index is 12.4. The number of carbonyl (C=O) groups is 1. The van der Waals surface area contributed by atoms with Gasteiger partial charge in [-0.3, -0.25) is 4.79 Å². The molecule has 0 radical (unpaired) electrons. The van der Waals surface area contributed by atoms with Crippen molar-refractivity contribution in [2.75, 3.05) is 31.5 Å². The van der Waals surface area contributed by atoms with Crippen molar-refractivity contribution in [2.45, 2.75) is 20.3 Å². The molecule has 0 bridgehead atoms. The number of nitrogens with zero attached hydrogens (tertiary/aromatic N) is 1. The van der Waals surface area contributed by atoms with Gasteiger partial charge in [-0.2, -0.15) is 0 Å². The van der Waals surface area contributed by atoms with Crippen molar-refractivity contribution < 1.29 is 4.79 Å². The third-order valence-electron chi connectivity index (χ3n) is 3.97. The van der Waals surface area contributed by atoms with E-state index in [0.29, 0.717) is 5.92 Å². The molecule has 1 aliphatic rings. The molecule has 1 atom stereocenters. The van der Waals surface area contributed by atoms with Gasteiger partial charge in [-0.25, -0.2) is 0 Å². The SMILES string of the molecule is CC(C)(CN1CCC(CN)C1)C(=O)Nc1ccccc1. The molecule has 1 aromatic carbocycles. The van der Waals surface area contributed by atoms with E-state index in [0.717, 1.165) is 38.3 Å². The van der Waals surface area contributed by atoms with E-state index in [4.69, 9.17) is 5.73 Å². The molecule has 0 aliphatic carbocycles. The van der Waals surface area contributed by atoms with Gasteiger partial charge in [-0.05, 0) is 51.4 Å². The van der Waals surface area contributed by atoms with Gasteiger partial charge in [0, 0.05) is 18.8 Å². The topological polar surface area (TPSA) is 58.4 Å². The number of anilines is 1. The van der Waals surface area contributed by atoms with Gasteiger partial charge in [0.25, 0.3) is 0 Å². The van der Waals surface area contributed by atoms with Gasteiger partial charge in [-0.15, -0.1) is 0 Å². The van der Waals surface area contributed by atoms with Crippen LogP contribution in [0.1, 0.15) is 20.3 Å². The van der Waals surface area contributed by atoms with E-state index in [1.807, 2.05) is 44.2 Å². The Labute approximate surface area is 121 Å². The maximum absolute atomic E-state index is 12.4. The lowest BCUT2D eigenvalue weighted by Crippen LogP contribution is -2.41. The lowest BCUT2D eigenvalue weighted by atomic mass is 9.91. The summed E-state index contributed by atoms with van der Waals surface area (Å²) in [5, 5.41) is 2.99. The number of carbonyl (C=O) groups excluding carboxylic acids is 1. The average molecular weight is 275 g/mol. The summed E-state index contributed by atoms with van der Waals surface area (Å²) < 4.78 is 0. The molecule has 20 heavy (non-hydrogen) atoms. The van der Waals surface area contributed by atoms with Crippen LogP contribution in [-0.4, -0.2) is 37.0 Å². The van der Waals surface area contributed by atoms with Gasteiger partial charge in [0.05, 0.1) is 5.41 Å². The molecule has 0 spiro atoms. The molecule has 4 heteroatoms. The van der Waals surface area contributed by atoms with Gasteiger partial charge >= 0.3 is 0 Å². The Balaban J connectivity index is 1.91. The van der Waals surface area contributed by atoms with E-state index >= 15 is 0 Å². The Morgan fingerprint density at radius 3 is 2.70 bits per heavy atom. The molecule has 4 nitrogen and oxygen atoms in total. The number of rotatable bonds is 5. The predicted octanol–water partition coefficient (Wildman–Crippen LogP) is 1.93. The summed E-state index contributed by atoms with van der Waals surface area (Å²) in [6.07, 6.45) is 1.15. The summed E-state index contributed by atoms with van der Waals surface area (Å²) >= 11 is 0. The Morgan fingerprint density at radius 1 is 1.40 bits per heavy atom. The van der Waals surface area contributed by atoms with Crippen LogP contribution in [0.25, 0.3) is 0 Å². The average Bonchev–Trinajstić information content (AvgIpc) is 2.86. The number of nitrogens with one attached hydrogen (secondary N) is 1. The standard InChI is InChI=1S/C16H25N3O/c1-16(2,12-19-9-8-13(10-17)11-19)15(20)18-14-6-4-3-5-7-14/h3-7,13H,8-12,17H2,1-2H3,(H,18,20). The molecule has 0 saturated carbocycles.